The molecule has 3 aliphatic rings. The molecule has 0 unspecified atom stereocenters. The second-order valence-electron chi connectivity index (χ2n) is 15.8. The summed E-state index contributed by atoms with van der Waals surface area (Å²) in [5.41, 5.74) is 2.87. The highest BCUT2D eigenvalue weighted by atomic mass is 31.2. The number of carbonyl (C=O) groups is 1. The van der Waals surface area contributed by atoms with Crippen molar-refractivity contribution in [1.29, 1.82) is 0 Å². The number of halogens is 1. The number of piperidine rings is 1. The van der Waals surface area contributed by atoms with Crippen molar-refractivity contribution in [1.82, 2.24) is 9.88 Å². The normalized spacial score (nSPS) is 18.7. The summed E-state index contributed by atoms with van der Waals surface area (Å²) in [4.78, 5) is 21.7. The van der Waals surface area contributed by atoms with Crippen LogP contribution in [0.1, 0.15) is 97.6 Å². The Balaban J connectivity index is 1.15. The van der Waals surface area contributed by atoms with Gasteiger partial charge in [0.05, 0.1) is 41.5 Å². The quantitative estimate of drug-likeness (QED) is 0.193. The predicted molar refractivity (Wildman–Crippen MR) is 194 cm³/mol. The van der Waals surface area contributed by atoms with E-state index in [-0.39, 0.29) is 11.9 Å². The van der Waals surface area contributed by atoms with Crippen LogP contribution in [0.2, 0.25) is 0 Å². The fourth-order valence-electron chi connectivity index (χ4n) is 6.97. The first-order chi connectivity index (χ1) is 23.6. The molecule has 3 fully saturated rings. The van der Waals surface area contributed by atoms with Crippen LogP contribution in [0.25, 0.3) is 11.3 Å². The number of hydrogen-bond acceptors (Lipinski definition) is 8. The van der Waals surface area contributed by atoms with E-state index in [0.717, 1.165) is 48.5 Å². The first kappa shape index (κ1) is 36.5. The number of rotatable bonds is 10. The molecule has 50 heavy (non-hydrogen) atoms. The molecule has 1 amide bonds. The fraction of sp³-hybridized carbons (Fsp3) is 0.538. The Morgan fingerprint density at radius 3 is 2.18 bits per heavy atom. The lowest BCUT2D eigenvalue weighted by molar-refractivity contribution is -0.00113. The molecule has 1 spiro atoms. The molecule has 1 aromatic heterocycles. The first-order valence-electron chi connectivity index (χ1n) is 17.8. The van der Waals surface area contributed by atoms with Gasteiger partial charge in [-0.2, -0.15) is 0 Å². The third-order valence-electron chi connectivity index (χ3n) is 9.48. The summed E-state index contributed by atoms with van der Waals surface area (Å²) in [6.07, 6.45) is 5.78. The zero-order chi connectivity index (χ0) is 35.9. The molecule has 6 rings (SSSR count). The molecule has 0 atom stereocenters. The van der Waals surface area contributed by atoms with Crippen molar-refractivity contribution in [2.24, 2.45) is 0 Å². The van der Waals surface area contributed by atoms with Crippen molar-refractivity contribution in [2.45, 2.75) is 110 Å². The van der Waals surface area contributed by atoms with Crippen LogP contribution in [-0.4, -0.2) is 59.0 Å². The van der Waals surface area contributed by atoms with E-state index in [4.69, 9.17) is 18.5 Å². The number of anilines is 1. The van der Waals surface area contributed by atoms with Crippen LogP contribution in [0.15, 0.2) is 54.7 Å². The van der Waals surface area contributed by atoms with E-state index in [2.05, 4.69) is 22.0 Å². The van der Waals surface area contributed by atoms with Crippen molar-refractivity contribution in [3.05, 3.63) is 71.7 Å². The van der Waals surface area contributed by atoms with Crippen LogP contribution >= 0.6 is 7.60 Å². The van der Waals surface area contributed by atoms with Crippen LogP contribution in [0.5, 0.6) is 5.75 Å². The smallest absolute Gasteiger partial charge is 0.415 e. The maximum atomic E-state index is 14.0. The second-order valence-corrected chi connectivity index (χ2v) is 17.7. The second kappa shape index (κ2) is 14.0. The number of benzene rings is 2. The molecule has 3 aromatic rings. The summed E-state index contributed by atoms with van der Waals surface area (Å²) in [5.74, 6) is 0.930. The Labute approximate surface area is 296 Å². The molecule has 2 saturated heterocycles. The van der Waals surface area contributed by atoms with Gasteiger partial charge in [0.1, 0.15) is 17.2 Å². The molecule has 3 heterocycles. The summed E-state index contributed by atoms with van der Waals surface area (Å²) >= 11 is 0. The van der Waals surface area contributed by atoms with Gasteiger partial charge in [0.25, 0.3) is 0 Å². The van der Waals surface area contributed by atoms with Gasteiger partial charge in [-0.15, -0.1) is 0 Å². The molecule has 2 aromatic carbocycles. The molecule has 0 N–H and O–H groups in total. The first-order valence-corrected chi connectivity index (χ1v) is 19.4. The number of nitrogens with zero attached hydrogens (tertiary/aromatic N) is 3. The molecule has 2 aliphatic heterocycles. The number of aromatic nitrogens is 1. The van der Waals surface area contributed by atoms with Crippen LogP contribution in [0.4, 0.5) is 14.9 Å². The average molecular weight is 708 g/mol. The third-order valence-corrected chi connectivity index (χ3v) is 12.0. The lowest BCUT2D eigenvalue weighted by atomic mass is 9.77. The Morgan fingerprint density at radius 2 is 1.64 bits per heavy atom. The summed E-state index contributed by atoms with van der Waals surface area (Å²) in [5, 5.41) is 0.440. The fourth-order valence-corrected chi connectivity index (χ4v) is 9.18. The van der Waals surface area contributed by atoms with Crippen molar-refractivity contribution in [2.75, 3.05) is 31.1 Å². The Kier molecular flexibility index (Phi) is 10.2. The molecular weight excluding hydrogens is 656 g/mol. The summed E-state index contributed by atoms with van der Waals surface area (Å²) < 4.78 is 51.9. The molecule has 11 heteroatoms. The van der Waals surface area contributed by atoms with Crippen LogP contribution in [-0.2, 0) is 24.9 Å². The molecule has 9 nitrogen and oxygen atoms in total. The largest absolute Gasteiger partial charge is 0.494 e. The summed E-state index contributed by atoms with van der Waals surface area (Å²) in [7, 11) is -3.65. The number of hydrogen-bond donors (Lipinski definition) is 0. The maximum Gasteiger partial charge on any atom is 0.415 e. The summed E-state index contributed by atoms with van der Waals surface area (Å²) in [6, 6.07) is 14.6. The molecule has 270 valence electrons. The SMILES string of the molecule is CCOc1cc(-c2ccc(F)cn2)c(C2CCC2)cc1CN1CCC2(CC1)CN(c1ccc(P(=O)(OC(C)(C)C)OC(C)(C)C)cc1)C(=O)O2. The number of likely N-dealkylation sites (tertiary alicyclic amines) is 1. The highest BCUT2D eigenvalue weighted by Gasteiger charge is 2.48. The van der Waals surface area contributed by atoms with Crippen molar-refractivity contribution in [3.8, 4) is 17.0 Å². The van der Waals surface area contributed by atoms with E-state index in [1.54, 1.807) is 35.2 Å². The zero-order valence-electron chi connectivity index (χ0n) is 30.5. The minimum absolute atomic E-state index is 0.350. The van der Waals surface area contributed by atoms with Crippen molar-refractivity contribution < 1.29 is 32.3 Å². The predicted octanol–water partition coefficient (Wildman–Crippen LogP) is 8.99. The topological polar surface area (TPSA) is 90.4 Å². The van der Waals surface area contributed by atoms with Gasteiger partial charge in [-0.3, -0.25) is 28.4 Å². The number of pyridine rings is 1. The van der Waals surface area contributed by atoms with Crippen molar-refractivity contribution >= 4 is 24.7 Å². The van der Waals surface area contributed by atoms with E-state index in [1.807, 2.05) is 48.5 Å². The number of ether oxygens (including phenoxy) is 2. The minimum Gasteiger partial charge on any atom is -0.494 e. The Hall–Kier alpha value is -3.30. The summed E-state index contributed by atoms with van der Waals surface area (Å²) in [6.45, 7) is 16.3. The van der Waals surface area contributed by atoms with E-state index < -0.39 is 24.4 Å². The molecular formula is C39H51FN3O6P. The van der Waals surface area contributed by atoms with E-state index in [1.165, 1.54) is 24.2 Å². The monoisotopic (exact) mass is 707 g/mol. The van der Waals surface area contributed by atoms with Gasteiger partial charge < -0.3 is 9.47 Å². The lowest BCUT2D eigenvalue weighted by Gasteiger charge is -2.38. The van der Waals surface area contributed by atoms with Gasteiger partial charge in [0.15, 0.2) is 0 Å². The highest BCUT2D eigenvalue weighted by molar-refractivity contribution is 7.62. The van der Waals surface area contributed by atoms with Gasteiger partial charge in [0.2, 0.25) is 0 Å². The standard InChI is InChI=1S/C39H51FN3O6P/c1-8-46-35-23-33(34-17-12-29(40)24-41-34)32(27-10-9-11-27)22-28(35)25-42-20-18-39(19-21-42)26-43(36(44)47-39)30-13-15-31(16-14-30)50(45,48-37(2,3)4)49-38(5,6)7/h12-17,22-24,27H,8-11,18-21,25-26H2,1-7H3. The van der Waals surface area contributed by atoms with Gasteiger partial charge in [0, 0.05) is 49.3 Å². The molecule has 0 bridgehead atoms. The third kappa shape index (κ3) is 8.25. The molecule has 0 radical (unpaired) electrons. The van der Waals surface area contributed by atoms with Gasteiger partial charge in [-0.25, -0.2) is 9.18 Å². The van der Waals surface area contributed by atoms with Crippen LogP contribution in [0, 0.1) is 5.82 Å². The Morgan fingerprint density at radius 1 is 0.980 bits per heavy atom. The number of carbonyl (C=O) groups excluding carboxylic acids is 1. The van der Waals surface area contributed by atoms with Crippen LogP contribution < -0.4 is 14.9 Å². The van der Waals surface area contributed by atoms with Gasteiger partial charge in [-0.1, -0.05) is 6.42 Å². The van der Waals surface area contributed by atoms with E-state index in [9.17, 15) is 13.8 Å². The Bertz CT molecular complexity index is 1700. The van der Waals surface area contributed by atoms with E-state index >= 15 is 0 Å². The van der Waals surface area contributed by atoms with Crippen LogP contribution in [0.3, 0.4) is 0 Å². The zero-order valence-corrected chi connectivity index (χ0v) is 31.4. The van der Waals surface area contributed by atoms with Crippen molar-refractivity contribution in [3.63, 3.8) is 0 Å². The molecule has 1 aliphatic carbocycles. The van der Waals surface area contributed by atoms with Gasteiger partial charge in [-0.05, 0) is 121 Å². The van der Waals surface area contributed by atoms with E-state index in [0.29, 0.717) is 49.4 Å². The highest BCUT2D eigenvalue weighted by Crippen LogP contribution is 2.53. The molecule has 1 saturated carbocycles. The average Bonchev–Trinajstić information content (AvgIpc) is 3.32. The van der Waals surface area contributed by atoms with Gasteiger partial charge >= 0.3 is 13.7 Å². The minimum atomic E-state index is -3.65. The maximum absolute atomic E-state index is 14.0. The lowest BCUT2D eigenvalue weighted by Crippen LogP contribution is -2.46. The number of amides is 1.